The number of aliphatic carboxylic acids is 1. The summed E-state index contributed by atoms with van der Waals surface area (Å²) in [7, 11) is 0. The minimum absolute atomic E-state index is 0.0726. The van der Waals surface area contributed by atoms with Crippen LogP contribution in [0.4, 0.5) is 5.69 Å². The lowest BCUT2D eigenvalue weighted by atomic mass is 9.86. The predicted molar refractivity (Wildman–Crippen MR) is 76.5 cm³/mol. The molecule has 1 fully saturated rings. The molecule has 0 unspecified atom stereocenters. The topological polar surface area (TPSA) is 78.4 Å². The maximum atomic E-state index is 11.8. The van der Waals surface area contributed by atoms with Gasteiger partial charge in [-0.25, -0.2) is 0 Å². The molecular formula is C15H20N2O3. The summed E-state index contributed by atoms with van der Waals surface area (Å²) in [5.74, 6) is -0.993. The Morgan fingerprint density at radius 1 is 1.10 bits per heavy atom. The number of carboxylic acid groups (broad SMARTS) is 1. The van der Waals surface area contributed by atoms with Gasteiger partial charge in [-0.15, -0.1) is 0 Å². The summed E-state index contributed by atoms with van der Waals surface area (Å²) >= 11 is 0. The van der Waals surface area contributed by atoms with Crippen LogP contribution in [0.1, 0.15) is 25.7 Å². The molecule has 1 saturated carbocycles. The van der Waals surface area contributed by atoms with Gasteiger partial charge in [0.25, 0.3) is 0 Å². The zero-order valence-electron chi connectivity index (χ0n) is 11.3. The summed E-state index contributed by atoms with van der Waals surface area (Å²) in [4.78, 5) is 22.6. The Morgan fingerprint density at radius 3 is 2.35 bits per heavy atom. The van der Waals surface area contributed by atoms with Gasteiger partial charge in [0.2, 0.25) is 5.91 Å². The number of carbonyl (C=O) groups is 2. The largest absolute Gasteiger partial charge is 0.481 e. The van der Waals surface area contributed by atoms with Gasteiger partial charge < -0.3 is 15.7 Å². The van der Waals surface area contributed by atoms with Crippen molar-refractivity contribution in [2.75, 3.05) is 11.9 Å². The van der Waals surface area contributed by atoms with Crippen LogP contribution >= 0.6 is 0 Å². The Hall–Kier alpha value is -1.88. The lowest BCUT2D eigenvalue weighted by Crippen LogP contribution is -2.39. The fourth-order valence-electron chi connectivity index (χ4n) is 2.51. The average Bonchev–Trinajstić information content (AvgIpc) is 2.46. The highest BCUT2D eigenvalue weighted by atomic mass is 16.4. The monoisotopic (exact) mass is 276 g/mol. The molecule has 1 aliphatic rings. The third-order valence-electron chi connectivity index (χ3n) is 3.69. The highest BCUT2D eigenvalue weighted by Crippen LogP contribution is 2.24. The van der Waals surface area contributed by atoms with Crippen molar-refractivity contribution >= 4 is 17.6 Å². The summed E-state index contributed by atoms with van der Waals surface area (Å²) in [5.41, 5.74) is 0.786. The number of amides is 1. The molecule has 0 saturated heterocycles. The molecule has 0 heterocycles. The van der Waals surface area contributed by atoms with Gasteiger partial charge in [-0.3, -0.25) is 9.59 Å². The standard InChI is InChI=1S/C15H20N2O3/c18-14(17-13-4-2-1-3-5-13)10-16-12-8-6-11(7-9-12)15(19)20/h1-5,11-12,16H,6-10H2,(H,17,18)(H,19,20). The molecule has 5 heteroatoms. The first kappa shape index (κ1) is 14.5. The van der Waals surface area contributed by atoms with Crippen molar-refractivity contribution in [2.24, 2.45) is 5.92 Å². The summed E-state index contributed by atoms with van der Waals surface area (Å²) < 4.78 is 0. The van der Waals surface area contributed by atoms with E-state index in [-0.39, 0.29) is 24.4 Å². The van der Waals surface area contributed by atoms with E-state index >= 15 is 0 Å². The van der Waals surface area contributed by atoms with Gasteiger partial charge in [0.15, 0.2) is 0 Å². The van der Waals surface area contributed by atoms with Crippen molar-refractivity contribution in [3.8, 4) is 0 Å². The molecule has 1 amide bonds. The van der Waals surface area contributed by atoms with Crippen LogP contribution in [0.2, 0.25) is 0 Å². The van der Waals surface area contributed by atoms with Crippen LogP contribution < -0.4 is 10.6 Å². The second-order valence-corrected chi connectivity index (χ2v) is 5.18. The minimum atomic E-state index is -0.703. The van der Waals surface area contributed by atoms with Crippen LogP contribution in [0, 0.1) is 5.92 Å². The Kier molecular flexibility index (Phi) is 5.12. The van der Waals surface area contributed by atoms with Crippen LogP contribution in [0.25, 0.3) is 0 Å². The van der Waals surface area contributed by atoms with Gasteiger partial charge in [0.1, 0.15) is 0 Å². The summed E-state index contributed by atoms with van der Waals surface area (Å²) in [6, 6.07) is 9.57. The molecule has 108 valence electrons. The number of benzene rings is 1. The number of carboxylic acids is 1. The van der Waals surface area contributed by atoms with E-state index in [0.717, 1.165) is 18.5 Å². The Balaban J connectivity index is 1.68. The molecule has 0 spiro atoms. The number of carbonyl (C=O) groups excluding carboxylic acids is 1. The average molecular weight is 276 g/mol. The van der Waals surface area contributed by atoms with E-state index in [1.54, 1.807) is 0 Å². The first-order chi connectivity index (χ1) is 9.65. The van der Waals surface area contributed by atoms with E-state index in [2.05, 4.69) is 10.6 Å². The van der Waals surface area contributed by atoms with Crippen molar-refractivity contribution in [1.82, 2.24) is 5.32 Å². The molecule has 20 heavy (non-hydrogen) atoms. The first-order valence-corrected chi connectivity index (χ1v) is 6.96. The number of hydrogen-bond donors (Lipinski definition) is 3. The maximum Gasteiger partial charge on any atom is 0.306 e. The van der Waals surface area contributed by atoms with Crippen LogP contribution in [0.3, 0.4) is 0 Å². The van der Waals surface area contributed by atoms with E-state index in [1.807, 2.05) is 30.3 Å². The van der Waals surface area contributed by atoms with Gasteiger partial charge in [-0.1, -0.05) is 18.2 Å². The van der Waals surface area contributed by atoms with Gasteiger partial charge in [0.05, 0.1) is 12.5 Å². The van der Waals surface area contributed by atoms with E-state index in [9.17, 15) is 9.59 Å². The van der Waals surface area contributed by atoms with Crippen LogP contribution in [-0.4, -0.2) is 29.6 Å². The van der Waals surface area contributed by atoms with E-state index in [4.69, 9.17) is 5.11 Å². The molecule has 2 rings (SSSR count). The quantitative estimate of drug-likeness (QED) is 0.767. The Bertz CT molecular complexity index is 453. The second-order valence-electron chi connectivity index (χ2n) is 5.18. The zero-order valence-corrected chi connectivity index (χ0v) is 11.3. The van der Waals surface area contributed by atoms with Crippen molar-refractivity contribution in [2.45, 2.75) is 31.7 Å². The highest BCUT2D eigenvalue weighted by molar-refractivity contribution is 5.92. The smallest absolute Gasteiger partial charge is 0.306 e. The molecule has 1 aromatic rings. The predicted octanol–water partition coefficient (Wildman–Crippen LogP) is 1.86. The molecular weight excluding hydrogens is 256 g/mol. The highest BCUT2D eigenvalue weighted by Gasteiger charge is 2.25. The number of para-hydroxylation sites is 1. The summed E-state index contributed by atoms with van der Waals surface area (Å²) in [6.07, 6.45) is 3.01. The summed E-state index contributed by atoms with van der Waals surface area (Å²) in [6.45, 7) is 0.261. The van der Waals surface area contributed by atoms with E-state index < -0.39 is 5.97 Å². The van der Waals surface area contributed by atoms with Crippen molar-refractivity contribution in [3.63, 3.8) is 0 Å². The number of anilines is 1. The maximum absolute atomic E-state index is 11.8. The van der Waals surface area contributed by atoms with E-state index in [1.165, 1.54) is 0 Å². The zero-order chi connectivity index (χ0) is 14.4. The molecule has 1 aliphatic carbocycles. The third-order valence-corrected chi connectivity index (χ3v) is 3.69. The lowest BCUT2D eigenvalue weighted by molar-refractivity contribution is -0.143. The minimum Gasteiger partial charge on any atom is -0.481 e. The van der Waals surface area contributed by atoms with Crippen molar-refractivity contribution < 1.29 is 14.7 Å². The normalized spacial score (nSPS) is 22.2. The van der Waals surface area contributed by atoms with Gasteiger partial charge in [-0.05, 0) is 37.8 Å². The summed E-state index contributed by atoms with van der Waals surface area (Å²) in [5, 5.41) is 14.9. The van der Waals surface area contributed by atoms with E-state index in [0.29, 0.717) is 12.8 Å². The number of rotatable bonds is 5. The van der Waals surface area contributed by atoms with Crippen molar-refractivity contribution in [3.05, 3.63) is 30.3 Å². The molecule has 0 aromatic heterocycles. The van der Waals surface area contributed by atoms with Crippen LogP contribution in [0.5, 0.6) is 0 Å². The van der Waals surface area contributed by atoms with Gasteiger partial charge in [-0.2, -0.15) is 0 Å². The Morgan fingerprint density at radius 2 is 1.75 bits per heavy atom. The van der Waals surface area contributed by atoms with Crippen LogP contribution in [-0.2, 0) is 9.59 Å². The Labute approximate surface area is 118 Å². The first-order valence-electron chi connectivity index (χ1n) is 6.96. The number of nitrogens with one attached hydrogen (secondary N) is 2. The molecule has 0 aliphatic heterocycles. The van der Waals surface area contributed by atoms with Crippen LogP contribution in [0.15, 0.2) is 30.3 Å². The third kappa shape index (κ3) is 4.35. The molecule has 0 atom stereocenters. The lowest BCUT2D eigenvalue weighted by Gasteiger charge is -2.26. The fraction of sp³-hybridized carbons (Fsp3) is 0.467. The molecule has 3 N–H and O–H groups in total. The van der Waals surface area contributed by atoms with Crippen molar-refractivity contribution in [1.29, 1.82) is 0 Å². The molecule has 1 aromatic carbocycles. The van der Waals surface area contributed by atoms with Gasteiger partial charge >= 0.3 is 5.97 Å². The second kappa shape index (κ2) is 7.05. The SMILES string of the molecule is O=C(CNC1CCC(C(=O)O)CC1)Nc1ccccc1. The number of hydrogen-bond acceptors (Lipinski definition) is 3. The molecule has 5 nitrogen and oxygen atoms in total. The molecule has 0 radical (unpaired) electrons. The fourth-order valence-corrected chi connectivity index (χ4v) is 2.51. The van der Waals surface area contributed by atoms with Gasteiger partial charge in [0, 0.05) is 11.7 Å². The molecule has 0 bridgehead atoms.